The number of nitrogens with zero attached hydrogens (tertiary/aromatic N) is 2. The second-order valence-corrected chi connectivity index (χ2v) is 10.9. The smallest absolute Gasteiger partial charge is 0.270 e. The Morgan fingerprint density at radius 1 is 0.861 bits per heavy atom. The zero-order valence-corrected chi connectivity index (χ0v) is 24.1. The third-order valence-electron chi connectivity index (χ3n) is 5.55. The molecule has 1 aromatic heterocycles. The van der Waals surface area contributed by atoms with Crippen LogP contribution in [0.4, 0.5) is 0 Å². The Kier molecular flexibility index (Phi) is 8.77. The van der Waals surface area contributed by atoms with Gasteiger partial charge in [-0.2, -0.15) is 5.10 Å². The van der Waals surface area contributed by atoms with Crippen LogP contribution in [0.25, 0.3) is 11.3 Å². The largest absolute Gasteiger partial charge is 0.357 e. The van der Waals surface area contributed by atoms with Crippen LogP contribution in [0, 0.1) is 0 Å². The van der Waals surface area contributed by atoms with Gasteiger partial charge in [0.2, 0.25) is 5.91 Å². The average Bonchev–Trinajstić information content (AvgIpc) is 3.27. The van der Waals surface area contributed by atoms with Gasteiger partial charge in [-0.1, -0.05) is 84.2 Å². The molecule has 2 amide bonds. The molecule has 9 heteroatoms. The highest BCUT2D eigenvalue weighted by atomic mass is 79.9. The van der Waals surface area contributed by atoms with E-state index >= 15 is 0 Å². The molecular weight excluding hydrogens is 652 g/mol. The third-order valence-corrected chi connectivity index (χ3v) is 7.03. The number of likely N-dealkylation sites (N-methyl/N-ethyl adjacent to an activating group) is 1. The average molecular weight is 675 g/mol. The van der Waals surface area contributed by atoms with Crippen molar-refractivity contribution in [3.05, 3.63) is 109 Å². The molecule has 3 aromatic carbocycles. The van der Waals surface area contributed by atoms with Crippen LogP contribution in [0.1, 0.15) is 21.6 Å². The van der Waals surface area contributed by atoms with E-state index in [1.807, 2.05) is 72.8 Å². The van der Waals surface area contributed by atoms with Gasteiger partial charge in [-0.3, -0.25) is 14.3 Å². The van der Waals surface area contributed by atoms with Gasteiger partial charge in [0.1, 0.15) is 11.7 Å². The first-order chi connectivity index (χ1) is 17.3. The number of carbonyl (C=O) groups excluding carboxylic acids is 2. The van der Waals surface area contributed by atoms with Gasteiger partial charge in [-0.25, -0.2) is 0 Å². The van der Waals surface area contributed by atoms with E-state index in [1.165, 1.54) is 0 Å². The molecule has 0 aliphatic carbocycles. The van der Waals surface area contributed by atoms with Crippen molar-refractivity contribution >= 4 is 59.6 Å². The number of nitrogens with one attached hydrogen (secondary N) is 2. The molecule has 0 saturated carbocycles. The Balaban J connectivity index is 1.67. The summed E-state index contributed by atoms with van der Waals surface area (Å²) in [6.45, 7) is 0.395. The number of aromatic nitrogens is 2. The van der Waals surface area contributed by atoms with Crippen LogP contribution in [-0.4, -0.2) is 34.7 Å². The number of hydrogen-bond acceptors (Lipinski definition) is 3. The van der Waals surface area contributed by atoms with Crippen LogP contribution in [0.3, 0.4) is 0 Å². The maximum Gasteiger partial charge on any atom is 0.270 e. The summed E-state index contributed by atoms with van der Waals surface area (Å²) in [7, 11) is 1.56. The monoisotopic (exact) mass is 672 g/mol. The van der Waals surface area contributed by atoms with Gasteiger partial charge < -0.3 is 10.6 Å². The van der Waals surface area contributed by atoms with Crippen molar-refractivity contribution in [2.45, 2.75) is 19.0 Å². The van der Waals surface area contributed by atoms with E-state index in [-0.39, 0.29) is 11.8 Å². The molecule has 0 radical (unpaired) electrons. The second-order valence-electron chi connectivity index (χ2n) is 8.19. The summed E-state index contributed by atoms with van der Waals surface area (Å²) in [5.74, 6) is -0.643. The van der Waals surface area contributed by atoms with Crippen LogP contribution in [0.5, 0.6) is 0 Å². The van der Waals surface area contributed by atoms with E-state index in [9.17, 15) is 9.59 Å². The topological polar surface area (TPSA) is 76.0 Å². The van der Waals surface area contributed by atoms with E-state index in [4.69, 9.17) is 5.10 Å². The number of amides is 2. The Morgan fingerprint density at radius 3 is 2.11 bits per heavy atom. The molecule has 0 aliphatic rings. The fraction of sp³-hybridized carbons (Fsp3) is 0.148. The summed E-state index contributed by atoms with van der Waals surface area (Å²) in [5, 5.41) is 10.3. The van der Waals surface area contributed by atoms with E-state index in [1.54, 1.807) is 17.8 Å². The van der Waals surface area contributed by atoms with Crippen molar-refractivity contribution in [3.8, 4) is 11.3 Å². The van der Waals surface area contributed by atoms with Crippen LogP contribution in [-0.2, 0) is 17.8 Å². The molecule has 184 valence electrons. The van der Waals surface area contributed by atoms with Gasteiger partial charge in [0, 0.05) is 32.5 Å². The molecule has 0 fully saturated rings. The SMILES string of the molecule is CNC(=O)C(Cc1cccc(Br)c1)NC(=O)c1cc(-c2cccc(Br)c2)nn1Cc1cccc(Br)c1. The van der Waals surface area contributed by atoms with Crippen LogP contribution >= 0.6 is 47.8 Å². The van der Waals surface area contributed by atoms with Crippen molar-refractivity contribution in [1.29, 1.82) is 0 Å². The minimum absolute atomic E-state index is 0.270. The van der Waals surface area contributed by atoms with Gasteiger partial charge in [-0.05, 0) is 53.6 Å². The van der Waals surface area contributed by atoms with Gasteiger partial charge in [0.05, 0.1) is 12.2 Å². The zero-order valence-electron chi connectivity index (χ0n) is 19.3. The molecule has 1 unspecified atom stereocenters. The van der Waals surface area contributed by atoms with Crippen LogP contribution in [0.2, 0.25) is 0 Å². The fourth-order valence-electron chi connectivity index (χ4n) is 3.83. The lowest BCUT2D eigenvalue weighted by Gasteiger charge is -2.18. The lowest BCUT2D eigenvalue weighted by atomic mass is 10.0. The molecule has 0 aliphatic heterocycles. The first-order valence-corrected chi connectivity index (χ1v) is 13.6. The van der Waals surface area contributed by atoms with Gasteiger partial charge >= 0.3 is 0 Å². The summed E-state index contributed by atoms with van der Waals surface area (Å²) in [6, 6.07) is 24.3. The summed E-state index contributed by atoms with van der Waals surface area (Å²) in [5.41, 5.74) is 3.83. The van der Waals surface area contributed by atoms with Crippen molar-refractivity contribution < 1.29 is 9.59 Å². The van der Waals surface area contributed by atoms with Gasteiger partial charge in [0.15, 0.2) is 0 Å². The van der Waals surface area contributed by atoms with Crippen molar-refractivity contribution in [2.75, 3.05) is 7.05 Å². The Morgan fingerprint density at radius 2 is 1.47 bits per heavy atom. The lowest BCUT2D eigenvalue weighted by molar-refractivity contribution is -0.122. The molecule has 4 aromatic rings. The van der Waals surface area contributed by atoms with E-state index in [0.717, 1.165) is 30.1 Å². The molecule has 0 spiro atoms. The molecular formula is C27H23Br3N4O2. The van der Waals surface area contributed by atoms with Crippen LogP contribution in [0.15, 0.2) is 92.3 Å². The minimum Gasteiger partial charge on any atom is -0.357 e. The molecule has 0 bridgehead atoms. The normalized spacial score (nSPS) is 11.7. The van der Waals surface area contributed by atoms with Crippen molar-refractivity contribution in [3.63, 3.8) is 0 Å². The van der Waals surface area contributed by atoms with E-state index in [0.29, 0.717) is 24.4 Å². The van der Waals surface area contributed by atoms with Gasteiger partial charge in [0.25, 0.3) is 5.91 Å². The molecule has 2 N–H and O–H groups in total. The molecule has 1 atom stereocenters. The maximum absolute atomic E-state index is 13.5. The number of hydrogen-bond donors (Lipinski definition) is 2. The Labute approximate surface area is 234 Å². The zero-order chi connectivity index (χ0) is 25.7. The van der Waals surface area contributed by atoms with Crippen molar-refractivity contribution in [2.24, 2.45) is 0 Å². The predicted molar refractivity (Wildman–Crippen MR) is 152 cm³/mol. The van der Waals surface area contributed by atoms with E-state index < -0.39 is 6.04 Å². The van der Waals surface area contributed by atoms with Gasteiger partial charge in [-0.15, -0.1) is 0 Å². The number of halogens is 3. The summed E-state index contributed by atoms with van der Waals surface area (Å²) >= 11 is 10.5. The molecule has 4 rings (SSSR count). The fourth-order valence-corrected chi connectivity index (χ4v) is 5.13. The molecule has 0 saturated heterocycles. The second kappa shape index (κ2) is 12.0. The molecule has 36 heavy (non-hydrogen) atoms. The quantitative estimate of drug-likeness (QED) is 0.242. The Bertz CT molecular complexity index is 1400. The van der Waals surface area contributed by atoms with Crippen molar-refractivity contribution in [1.82, 2.24) is 20.4 Å². The number of carbonyl (C=O) groups is 2. The third kappa shape index (κ3) is 6.72. The summed E-state index contributed by atoms with van der Waals surface area (Å²) < 4.78 is 4.45. The minimum atomic E-state index is -0.750. The van der Waals surface area contributed by atoms with E-state index in [2.05, 4.69) is 58.4 Å². The van der Waals surface area contributed by atoms with Crippen LogP contribution < -0.4 is 10.6 Å². The maximum atomic E-state index is 13.5. The first kappa shape index (κ1) is 26.3. The highest BCUT2D eigenvalue weighted by Crippen LogP contribution is 2.24. The number of benzene rings is 3. The highest BCUT2D eigenvalue weighted by molar-refractivity contribution is 9.11. The molecule has 6 nitrogen and oxygen atoms in total. The lowest BCUT2D eigenvalue weighted by Crippen LogP contribution is -2.47. The summed E-state index contributed by atoms with van der Waals surface area (Å²) in [6.07, 6.45) is 0.350. The summed E-state index contributed by atoms with van der Waals surface area (Å²) in [4.78, 5) is 26.2. The first-order valence-electron chi connectivity index (χ1n) is 11.2. The Hall–Kier alpha value is -2.75. The molecule has 1 heterocycles. The standard InChI is InChI=1S/C27H23Br3N4O2/c1-31-26(35)24(13-17-5-2-8-20(28)11-17)32-27(36)25-15-23(19-7-4-10-22(30)14-19)33-34(25)16-18-6-3-9-21(29)12-18/h2-12,14-15,24H,13,16H2,1H3,(H,31,35)(H,32,36). The predicted octanol–water partition coefficient (Wildman–Crippen LogP) is 5.97. The highest BCUT2D eigenvalue weighted by Gasteiger charge is 2.24. The number of rotatable bonds is 8.